The molecule has 35 heavy (non-hydrogen) atoms. The number of rotatable bonds is 5. The fourth-order valence-electron chi connectivity index (χ4n) is 6.15. The highest BCUT2D eigenvalue weighted by molar-refractivity contribution is 5.74. The summed E-state index contributed by atoms with van der Waals surface area (Å²) in [6.45, 7) is 21.1. The van der Waals surface area contributed by atoms with Crippen molar-refractivity contribution >= 4 is 5.91 Å². The molecular formula is C26H49NO8. The van der Waals surface area contributed by atoms with Crippen molar-refractivity contribution in [1.82, 2.24) is 5.32 Å². The quantitative estimate of drug-likeness (QED) is 0.382. The SMILES string of the molecule is CC(=O)NC1(C)C(C)(COCC2(C)C(C)(O)C(C)OC(C)(C)C2(C)O)OC(C)(C)C(C)(O)C1(C)O. The van der Waals surface area contributed by atoms with E-state index in [1.165, 1.54) is 20.8 Å². The van der Waals surface area contributed by atoms with Gasteiger partial charge in [0, 0.05) is 6.92 Å². The zero-order chi connectivity index (χ0) is 27.9. The van der Waals surface area contributed by atoms with Crippen LogP contribution in [0.1, 0.15) is 90.0 Å². The molecule has 2 aliphatic heterocycles. The summed E-state index contributed by atoms with van der Waals surface area (Å²) >= 11 is 0. The van der Waals surface area contributed by atoms with E-state index < -0.39 is 62.2 Å². The second-order valence-corrected chi connectivity index (χ2v) is 13.1. The van der Waals surface area contributed by atoms with Crippen molar-refractivity contribution in [2.75, 3.05) is 13.2 Å². The van der Waals surface area contributed by atoms with Crippen LogP contribution in [-0.2, 0) is 19.0 Å². The Hall–Kier alpha value is -0.810. The van der Waals surface area contributed by atoms with E-state index >= 15 is 0 Å². The number of carbonyl (C=O) groups excluding carboxylic acids is 1. The third-order valence-electron chi connectivity index (χ3n) is 10.5. The number of ether oxygens (including phenoxy) is 3. The first kappa shape index (κ1) is 30.4. The fraction of sp³-hybridized carbons (Fsp3) is 0.962. The van der Waals surface area contributed by atoms with Crippen LogP contribution < -0.4 is 5.32 Å². The monoisotopic (exact) mass is 503 g/mol. The van der Waals surface area contributed by atoms with Gasteiger partial charge >= 0.3 is 0 Å². The van der Waals surface area contributed by atoms with Crippen molar-refractivity contribution in [3.8, 4) is 0 Å². The summed E-state index contributed by atoms with van der Waals surface area (Å²) in [7, 11) is 0. The summed E-state index contributed by atoms with van der Waals surface area (Å²) in [6, 6.07) is 0. The van der Waals surface area contributed by atoms with Crippen LogP contribution in [0.2, 0.25) is 0 Å². The van der Waals surface area contributed by atoms with Gasteiger partial charge in [-0.1, -0.05) is 6.92 Å². The van der Waals surface area contributed by atoms with Crippen molar-refractivity contribution in [1.29, 1.82) is 0 Å². The van der Waals surface area contributed by atoms with Crippen LogP contribution in [0.3, 0.4) is 0 Å². The van der Waals surface area contributed by atoms with E-state index in [0.29, 0.717) is 0 Å². The van der Waals surface area contributed by atoms with Gasteiger partial charge in [-0.3, -0.25) is 4.79 Å². The highest BCUT2D eigenvalue weighted by Crippen LogP contribution is 2.56. The van der Waals surface area contributed by atoms with Gasteiger partial charge < -0.3 is 40.0 Å². The Morgan fingerprint density at radius 1 is 0.800 bits per heavy atom. The molecule has 8 atom stereocenters. The van der Waals surface area contributed by atoms with E-state index in [2.05, 4.69) is 5.32 Å². The molecule has 2 heterocycles. The van der Waals surface area contributed by atoms with Crippen molar-refractivity contribution in [2.24, 2.45) is 5.41 Å². The fourth-order valence-corrected chi connectivity index (χ4v) is 6.15. The Labute approximate surface area is 210 Å². The maximum atomic E-state index is 12.2. The third kappa shape index (κ3) is 3.80. The minimum Gasteiger partial charge on any atom is -0.387 e. The number of hydrogen-bond donors (Lipinski definition) is 5. The van der Waals surface area contributed by atoms with Gasteiger partial charge in [-0.15, -0.1) is 0 Å². The Kier molecular flexibility index (Phi) is 7.03. The molecule has 0 spiro atoms. The van der Waals surface area contributed by atoms with Gasteiger partial charge in [0.15, 0.2) is 0 Å². The Morgan fingerprint density at radius 3 is 1.74 bits per heavy atom. The predicted molar refractivity (Wildman–Crippen MR) is 132 cm³/mol. The number of aliphatic hydroxyl groups is 4. The Bertz CT molecular complexity index is 848. The zero-order valence-corrected chi connectivity index (χ0v) is 23.9. The van der Waals surface area contributed by atoms with Crippen LogP contribution >= 0.6 is 0 Å². The molecule has 2 fully saturated rings. The summed E-state index contributed by atoms with van der Waals surface area (Å²) in [5, 5.41) is 48.9. The van der Waals surface area contributed by atoms with E-state index in [1.54, 1.807) is 69.2 Å². The molecule has 0 saturated carbocycles. The normalized spacial score (nSPS) is 51.6. The largest absolute Gasteiger partial charge is 0.387 e. The molecule has 0 aliphatic carbocycles. The van der Waals surface area contributed by atoms with Crippen LogP contribution in [0.5, 0.6) is 0 Å². The first-order valence-corrected chi connectivity index (χ1v) is 12.3. The molecule has 1 amide bonds. The van der Waals surface area contributed by atoms with Gasteiger partial charge in [0.2, 0.25) is 5.91 Å². The lowest BCUT2D eigenvalue weighted by Crippen LogP contribution is -2.87. The van der Waals surface area contributed by atoms with E-state index in [-0.39, 0.29) is 13.2 Å². The molecule has 5 N–H and O–H groups in total. The van der Waals surface area contributed by atoms with Gasteiger partial charge in [-0.05, 0) is 76.2 Å². The smallest absolute Gasteiger partial charge is 0.217 e. The molecule has 0 aromatic rings. The first-order valence-electron chi connectivity index (χ1n) is 12.3. The maximum Gasteiger partial charge on any atom is 0.217 e. The van der Waals surface area contributed by atoms with E-state index in [0.717, 1.165) is 0 Å². The Morgan fingerprint density at radius 2 is 1.29 bits per heavy atom. The van der Waals surface area contributed by atoms with E-state index in [1.807, 2.05) is 0 Å². The average molecular weight is 504 g/mol. The molecule has 8 unspecified atom stereocenters. The van der Waals surface area contributed by atoms with Crippen LogP contribution in [0.15, 0.2) is 0 Å². The first-order chi connectivity index (χ1) is 15.2. The van der Waals surface area contributed by atoms with E-state index in [4.69, 9.17) is 14.2 Å². The summed E-state index contributed by atoms with van der Waals surface area (Å²) in [5.74, 6) is -0.407. The Balaban J connectivity index is 2.50. The highest BCUT2D eigenvalue weighted by atomic mass is 16.6. The molecule has 2 rings (SSSR count). The summed E-state index contributed by atoms with van der Waals surface area (Å²) < 4.78 is 18.6. The van der Waals surface area contributed by atoms with Gasteiger partial charge in [0.25, 0.3) is 0 Å². The summed E-state index contributed by atoms with van der Waals surface area (Å²) in [5.41, 5.74) is -12.7. The average Bonchev–Trinajstić information content (AvgIpc) is 2.63. The van der Waals surface area contributed by atoms with Gasteiger partial charge in [0.1, 0.15) is 22.4 Å². The molecular weight excluding hydrogens is 454 g/mol. The van der Waals surface area contributed by atoms with E-state index in [9.17, 15) is 25.2 Å². The van der Waals surface area contributed by atoms with Crippen LogP contribution in [0.25, 0.3) is 0 Å². The lowest BCUT2D eigenvalue weighted by Gasteiger charge is -2.67. The van der Waals surface area contributed by atoms with Crippen molar-refractivity contribution in [3.63, 3.8) is 0 Å². The van der Waals surface area contributed by atoms with Crippen molar-refractivity contribution in [2.45, 2.75) is 141 Å². The predicted octanol–water partition coefficient (Wildman–Crippen LogP) is 1.67. The molecule has 9 heteroatoms. The second-order valence-electron chi connectivity index (χ2n) is 13.1. The minimum atomic E-state index is -1.83. The lowest BCUT2D eigenvalue weighted by atomic mass is 9.55. The molecule has 0 aromatic carbocycles. The van der Waals surface area contributed by atoms with Crippen molar-refractivity contribution in [3.05, 3.63) is 0 Å². The second kappa shape index (κ2) is 8.09. The van der Waals surface area contributed by atoms with Gasteiger partial charge in [-0.25, -0.2) is 0 Å². The number of amides is 1. The summed E-state index contributed by atoms with van der Waals surface area (Å²) in [4.78, 5) is 12.2. The molecule has 0 bridgehead atoms. The van der Waals surface area contributed by atoms with Crippen LogP contribution in [-0.4, -0.2) is 90.4 Å². The maximum absolute atomic E-state index is 12.2. The molecule has 9 nitrogen and oxygen atoms in total. The third-order valence-corrected chi connectivity index (χ3v) is 10.5. The zero-order valence-electron chi connectivity index (χ0n) is 23.9. The van der Waals surface area contributed by atoms with Gasteiger partial charge in [-0.2, -0.15) is 0 Å². The van der Waals surface area contributed by atoms with Crippen LogP contribution in [0, 0.1) is 5.41 Å². The highest BCUT2D eigenvalue weighted by Gasteiger charge is 2.74. The number of hydrogen-bond acceptors (Lipinski definition) is 8. The van der Waals surface area contributed by atoms with Crippen molar-refractivity contribution < 1.29 is 39.4 Å². The standard InChI is InChI=1S/C26H49NO8/c1-16-22(9,29)20(7,24(11,30)18(3,4)34-16)14-33-15-21(8)23(10,27-17(2)28)26(13,32)25(12,31)19(5,6)35-21/h16,29-32H,14-15H2,1-13H3,(H,27,28). The molecule has 206 valence electrons. The summed E-state index contributed by atoms with van der Waals surface area (Å²) in [6.07, 6.45) is -0.591. The van der Waals surface area contributed by atoms with Crippen LogP contribution in [0.4, 0.5) is 0 Å². The number of carbonyl (C=O) groups is 1. The number of nitrogens with one attached hydrogen (secondary N) is 1. The topological polar surface area (TPSA) is 138 Å². The minimum absolute atomic E-state index is 0.0712. The molecule has 0 radical (unpaired) electrons. The molecule has 0 aromatic heterocycles. The molecule has 2 saturated heterocycles. The molecule has 2 aliphatic rings. The van der Waals surface area contributed by atoms with Gasteiger partial charge in [0.05, 0.1) is 47.1 Å². The lowest BCUT2D eigenvalue weighted by molar-refractivity contribution is -0.372.